The molecule has 2 rings (SSSR count). The monoisotopic (exact) mass is 277 g/mol. The topological polar surface area (TPSA) is 23.9 Å². The first-order valence-electron chi connectivity index (χ1n) is 7.39. The van der Waals surface area contributed by atoms with E-state index in [1.807, 2.05) is 0 Å². The molecule has 1 nitrogen and oxygen atoms in total. The molecule has 2 heteroatoms. The van der Waals surface area contributed by atoms with Gasteiger partial charge in [0, 0.05) is 10.7 Å². The Labute approximate surface area is 121 Å². The number of hydrogen-bond acceptors (Lipinski definition) is 1. The maximum Gasteiger partial charge on any atom is 0.0469 e. The first-order valence-corrected chi connectivity index (χ1v) is 7.76. The second kappa shape index (κ2) is 6.56. The first kappa shape index (κ1) is 14.6. The highest BCUT2D eigenvalue weighted by Crippen LogP contribution is 2.29. The van der Waals surface area contributed by atoms with Crippen LogP contribution in [0, 0.1) is 25.2 Å². The molecule has 0 amide bonds. The fourth-order valence-electron chi connectivity index (χ4n) is 2.93. The largest absolute Gasteiger partial charge is 0.310 e. The third-order valence-electron chi connectivity index (χ3n) is 4.50. The molecule has 1 atom stereocenters. The van der Waals surface area contributed by atoms with E-state index in [2.05, 4.69) is 26.0 Å². The van der Waals surface area contributed by atoms with Gasteiger partial charge in [0.2, 0.25) is 0 Å². The Morgan fingerprint density at radius 3 is 2.79 bits per heavy atom. The summed E-state index contributed by atoms with van der Waals surface area (Å²) in [7, 11) is 0. The lowest BCUT2D eigenvalue weighted by Crippen LogP contribution is -2.02. The fraction of sp³-hybridized carbons (Fsp3) is 0.588. The molecule has 104 valence electrons. The average Bonchev–Trinajstić information content (AvgIpc) is 2.60. The summed E-state index contributed by atoms with van der Waals surface area (Å²) in [6.45, 7) is 4.22. The number of benzene rings is 1. The molecule has 0 aliphatic heterocycles. The predicted octanol–water partition coefficient (Wildman–Crippen LogP) is 5.49. The summed E-state index contributed by atoms with van der Waals surface area (Å²) in [6, 6.07) is 4.36. The zero-order valence-electron chi connectivity index (χ0n) is 12.1. The van der Waals surface area contributed by atoms with Gasteiger partial charge in [-0.1, -0.05) is 30.2 Å². The summed E-state index contributed by atoms with van der Waals surface area (Å²) in [6.07, 6.45) is 8.00. The fourth-order valence-corrected chi connectivity index (χ4v) is 3.24. The van der Waals surface area contributed by atoms with E-state index >= 15 is 0 Å². The molecule has 0 aromatic heterocycles. The van der Waals surface area contributed by atoms with E-state index in [-0.39, 0.29) is 0 Å². The predicted molar refractivity (Wildman–Crippen MR) is 83.5 cm³/mol. The minimum atomic E-state index is 0.778. The molecule has 0 saturated heterocycles. The Bertz CT molecular complexity index is 465. The van der Waals surface area contributed by atoms with Crippen LogP contribution in [0.1, 0.15) is 55.2 Å². The van der Waals surface area contributed by atoms with Crippen LogP contribution in [0.5, 0.6) is 0 Å². The summed E-state index contributed by atoms with van der Waals surface area (Å²) in [5.74, 6) is 0.778. The highest BCUT2D eigenvalue weighted by molar-refractivity contribution is 6.32. The van der Waals surface area contributed by atoms with Crippen LogP contribution < -0.4 is 0 Å². The van der Waals surface area contributed by atoms with Crippen LogP contribution in [0.25, 0.3) is 0 Å². The highest BCUT2D eigenvalue weighted by Gasteiger charge is 2.15. The molecule has 1 aromatic carbocycles. The van der Waals surface area contributed by atoms with Crippen molar-refractivity contribution in [3.8, 4) is 0 Å². The molecule has 0 spiro atoms. The van der Waals surface area contributed by atoms with Crippen LogP contribution in [-0.4, -0.2) is 5.71 Å². The second-order valence-corrected chi connectivity index (χ2v) is 6.30. The molecule has 1 aliphatic carbocycles. The summed E-state index contributed by atoms with van der Waals surface area (Å²) >= 11 is 6.44. The molecule has 0 bridgehead atoms. The van der Waals surface area contributed by atoms with Gasteiger partial charge >= 0.3 is 0 Å². The first-order chi connectivity index (χ1) is 9.08. The summed E-state index contributed by atoms with van der Waals surface area (Å²) < 4.78 is 0. The van der Waals surface area contributed by atoms with Crippen molar-refractivity contribution < 1.29 is 0 Å². The maximum atomic E-state index is 7.78. The lowest BCUT2D eigenvalue weighted by atomic mass is 9.92. The summed E-state index contributed by atoms with van der Waals surface area (Å²) in [5, 5.41) is 8.74. The van der Waals surface area contributed by atoms with E-state index < -0.39 is 0 Å². The van der Waals surface area contributed by atoms with E-state index in [4.69, 9.17) is 17.0 Å². The molecule has 0 heterocycles. The Hall–Kier alpha value is -0.820. The minimum Gasteiger partial charge on any atom is -0.310 e. The number of halogens is 1. The summed E-state index contributed by atoms with van der Waals surface area (Å²) in [5.41, 5.74) is 4.74. The molecular formula is C17H24ClN. The second-order valence-electron chi connectivity index (χ2n) is 5.92. The van der Waals surface area contributed by atoms with Gasteiger partial charge < -0.3 is 5.41 Å². The van der Waals surface area contributed by atoms with Crippen molar-refractivity contribution in [3.05, 3.63) is 33.8 Å². The van der Waals surface area contributed by atoms with Crippen molar-refractivity contribution in [3.63, 3.8) is 0 Å². The quantitative estimate of drug-likeness (QED) is 0.707. The molecule has 0 radical (unpaired) electrons. The molecule has 1 saturated carbocycles. The zero-order chi connectivity index (χ0) is 13.8. The van der Waals surface area contributed by atoms with Gasteiger partial charge in [0.05, 0.1) is 0 Å². The van der Waals surface area contributed by atoms with Crippen LogP contribution in [0.3, 0.4) is 0 Å². The van der Waals surface area contributed by atoms with Crippen molar-refractivity contribution in [2.45, 2.75) is 58.8 Å². The zero-order valence-corrected chi connectivity index (χ0v) is 12.8. The van der Waals surface area contributed by atoms with Crippen LogP contribution in [-0.2, 0) is 6.42 Å². The molecule has 1 fully saturated rings. The number of hydrogen-bond donors (Lipinski definition) is 1. The molecule has 1 aliphatic rings. The lowest BCUT2D eigenvalue weighted by Gasteiger charge is -2.15. The van der Waals surface area contributed by atoms with E-state index in [1.54, 1.807) is 0 Å². The van der Waals surface area contributed by atoms with Gasteiger partial charge in [-0.15, -0.1) is 0 Å². The molecular weight excluding hydrogens is 254 g/mol. The Morgan fingerprint density at radius 1 is 1.21 bits per heavy atom. The van der Waals surface area contributed by atoms with Gasteiger partial charge in [0.25, 0.3) is 0 Å². The molecule has 1 aromatic rings. The van der Waals surface area contributed by atoms with Crippen molar-refractivity contribution >= 4 is 17.3 Å². The third kappa shape index (κ3) is 3.82. The standard InChI is InChI=1S/C17H24ClN/c1-12-6-9-15(17(18)13(12)2)10-7-14-4-3-5-16(19)11-8-14/h6,9,14,19H,3-5,7-8,10-11H2,1-2H3. The van der Waals surface area contributed by atoms with Crippen LogP contribution in [0.15, 0.2) is 12.1 Å². The van der Waals surface area contributed by atoms with E-state index in [0.717, 1.165) is 35.9 Å². The number of aryl methyl sites for hydroxylation is 2. The van der Waals surface area contributed by atoms with Crippen molar-refractivity contribution in [1.82, 2.24) is 0 Å². The molecule has 1 N–H and O–H groups in total. The van der Waals surface area contributed by atoms with Crippen LogP contribution in [0.4, 0.5) is 0 Å². The SMILES string of the molecule is Cc1ccc(CCC2CCCC(=N)CC2)c(Cl)c1C. The molecule has 19 heavy (non-hydrogen) atoms. The Kier molecular flexibility index (Phi) is 5.04. The van der Waals surface area contributed by atoms with Gasteiger partial charge in [-0.3, -0.25) is 0 Å². The average molecular weight is 278 g/mol. The maximum absolute atomic E-state index is 7.78. The van der Waals surface area contributed by atoms with Crippen LogP contribution >= 0.6 is 11.6 Å². The highest BCUT2D eigenvalue weighted by atomic mass is 35.5. The number of nitrogens with one attached hydrogen (secondary N) is 1. The van der Waals surface area contributed by atoms with Crippen LogP contribution in [0.2, 0.25) is 5.02 Å². The van der Waals surface area contributed by atoms with Crippen molar-refractivity contribution in [2.24, 2.45) is 5.92 Å². The van der Waals surface area contributed by atoms with Gasteiger partial charge in [-0.05, 0) is 75.0 Å². The van der Waals surface area contributed by atoms with Crippen molar-refractivity contribution in [2.75, 3.05) is 0 Å². The minimum absolute atomic E-state index is 0.778. The molecule has 1 unspecified atom stereocenters. The van der Waals surface area contributed by atoms with Gasteiger partial charge in [0.15, 0.2) is 0 Å². The van der Waals surface area contributed by atoms with Crippen molar-refractivity contribution in [1.29, 1.82) is 5.41 Å². The normalized spacial score (nSPS) is 20.4. The third-order valence-corrected chi connectivity index (χ3v) is 5.03. The smallest absolute Gasteiger partial charge is 0.0469 e. The Balaban J connectivity index is 1.95. The summed E-state index contributed by atoms with van der Waals surface area (Å²) in [4.78, 5) is 0. The Morgan fingerprint density at radius 2 is 2.00 bits per heavy atom. The van der Waals surface area contributed by atoms with E-state index in [0.29, 0.717) is 0 Å². The van der Waals surface area contributed by atoms with E-state index in [9.17, 15) is 0 Å². The number of rotatable bonds is 3. The van der Waals surface area contributed by atoms with Gasteiger partial charge in [-0.2, -0.15) is 0 Å². The van der Waals surface area contributed by atoms with E-state index in [1.165, 1.54) is 42.4 Å². The van der Waals surface area contributed by atoms with Gasteiger partial charge in [0.1, 0.15) is 0 Å². The lowest BCUT2D eigenvalue weighted by molar-refractivity contribution is 0.431. The van der Waals surface area contributed by atoms with Gasteiger partial charge in [-0.25, -0.2) is 0 Å².